The highest BCUT2D eigenvalue weighted by molar-refractivity contribution is 5.03. The lowest BCUT2D eigenvalue weighted by atomic mass is 10.4. The highest BCUT2D eigenvalue weighted by atomic mass is 19.4. The molecule has 15 heavy (non-hydrogen) atoms. The van der Waals surface area contributed by atoms with Crippen molar-refractivity contribution in [2.24, 2.45) is 5.73 Å². The van der Waals surface area contributed by atoms with Gasteiger partial charge in [0, 0.05) is 6.04 Å². The molecule has 0 aromatic carbocycles. The highest BCUT2D eigenvalue weighted by Gasteiger charge is 2.35. The van der Waals surface area contributed by atoms with E-state index in [1.807, 2.05) is 0 Å². The molecule has 0 bridgehead atoms. The first kappa shape index (κ1) is 10.4. The maximum absolute atomic E-state index is 12.2. The van der Waals surface area contributed by atoms with Crippen LogP contribution in [0.5, 0.6) is 0 Å². The molecule has 84 valence electrons. The Bertz CT molecular complexity index is 353. The molecule has 1 aromatic rings. The van der Waals surface area contributed by atoms with E-state index in [4.69, 9.17) is 5.73 Å². The number of aromatic nitrogens is 3. The third-order valence-electron chi connectivity index (χ3n) is 2.29. The predicted molar refractivity (Wildman–Crippen MR) is 45.9 cm³/mol. The van der Waals surface area contributed by atoms with Gasteiger partial charge in [-0.25, -0.2) is 0 Å². The van der Waals surface area contributed by atoms with Crippen LogP contribution in [-0.4, -0.2) is 20.9 Å². The van der Waals surface area contributed by atoms with Crippen molar-refractivity contribution in [3.05, 3.63) is 11.6 Å². The molecule has 1 fully saturated rings. The Morgan fingerprint density at radius 3 is 2.33 bits per heavy atom. The van der Waals surface area contributed by atoms with Crippen LogP contribution in [0.3, 0.4) is 0 Å². The number of halogens is 3. The summed E-state index contributed by atoms with van der Waals surface area (Å²) >= 11 is 0. The van der Waals surface area contributed by atoms with Crippen molar-refractivity contribution in [2.75, 3.05) is 0 Å². The number of hydrogen-bond donors (Lipinski definition) is 1. The minimum atomic E-state index is -4.24. The molecular weight excluding hydrogens is 209 g/mol. The molecular formula is C8H11F3N4. The van der Waals surface area contributed by atoms with Gasteiger partial charge in [0.05, 0.1) is 6.54 Å². The van der Waals surface area contributed by atoms with E-state index in [0.29, 0.717) is 5.82 Å². The molecule has 1 heterocycles. The van der Waals surface area contributed by atoms with Crippen molar-refractivity contribution >= 4 is 0 Å². The molecule has 1 saturated carbocycles. The molecule has 0 unspecified atom stereocenters. The van der Waals surface area contributed by atoms with Gasteiger partial charge in [0.25, 0.3) is 0 Å². The zero-order valence-electron chi connectivity index (χ0n) is 7.96. The predicted octanol–water partition coefficient (Wildman–Crippen LogP) is 1.18. The molecule has 0 radical (unpaired) electrons. The van der Waals surface area contributed by atoms with E-state index < -0.39 is 12.6 Å². The van der Waals surface area contributed by atoms with E-state index in [2.05, 4.69) is 10.2 Å². The third-order valence-corrected chi connectivity index (χ3v) is 2.29. The van der Waals surface area contributed by atoms with Crippen molar-refractivity contribution in [1.82, 2.24) is 14.8 Å². The minimum absolute atomic E-state index is 0.0227. The molecule has 4 nitrogen and oxygen atoms in total. The fourth-order valence-corrected chi connectivity index (χ4v) is 1.55. The van der Waals surface area contributed by atoms with Crippen molar-refractivity contribution in [1.29, 1.82) is 0 Å². The highest BCUT2D eigenvalue weighted by Crippen LogP contribution is 2.37. The summed E-state index contributed by atoms with van der Waals surface area (Å²) in [6.07, 6.45) is -3.51. The standard InChI is InChI=1S/C8H11F3N4/c9-8(10,11)3-6-13-14-7(4-12)15(6)5-1-2-5/h5H,1-4,12H2. The molecule has 1 aliphatic carbocycles. The maximum atomic E-state index is 12.2. The summed E-state index contributed by atoms with van der Waals surface area (Å²) < 4.78 is 38.2. The van der Waals surface area contributed by atoms with Gasteiger partial charge in [-0.05, 0) is 12.8 Å². The number of hydrogen-bond acceptors (Lipinski definition) is 3. The Morgan fingerprint density at radius 2 is 1.87 bits per heavy atom. The van der Waals surface area contributed by atoms with Crippen LogP contribution < -0.4 is 5.73 Å². The van der Waals surface area contributed by atoms with Crippen LogP contribution in [0.2, 0.25) is 0 Å². The van der Waals surface area contributed by atoms with E-state index in [9.17, 15) is 13.2 Å². The maximum Gasteiger partial charge on any atom is 0.396 e. The summed E-state index contributed by atoms with van der Waals surface area (Å²) in [5, 5.41) is 7.21. The summed E-state index contributed by atoms with van der Waals surface area (Å²) in [4.78, 5) is 0. The molecule has 7 heteroatoms. The Kier molecular flexibility index (Phi) is 2.41. The van der Waals surface area contributed by atoms with Crippen LogP contribution in [0.15, 0.2) is 0 Å². The number of nitrogens with zero attached hydrogens (tertiary/aromatic N) is 3. The van der Waals surface area contributed by atoms with Gasteiger partial charge >= 0.3 is 6.18 Å². The molecule has 0 atom stereocenters. The van der Waals surface area contributed by atoms with Crippen LogP contribution in [0.4, 0.5) is 13.2 Å². The van der Waals surface area contributed by atoms with E-state index in [-0.39, 0.29) is 18.4 Å². The van der Waals surface area contributed by atoms with Crippen LogP contribution in [-0.2, 0) is 13.0 Å². The van der Waals surface area contributed by atoms with Crippen molar-refractivity contribution in [3.8, 4) is 0 Å². The van der Waals surface area contributed by atoms with Crippen molar-refractivity contribution in [2.45, 2.75) is 38.0 Å². The second kappa shape index (κ2) is 3.48. The molecule has 1 aromatic heterocycles. The van der Waals surface area contributed by atoms with Crippen LogP contribution in [0, 0.1) is 0 Å². The molecule has 2 N–H and O–H groups in total. The normalized spacial score (nSPS) is 17.1. The van der Waals surface area contributed by atoms with Gasteiger partial charge in [-0.15, -0.1) is 10.2 Å². The van der Waals surface area contributed by atoms with E-state index in [1.54, 1.807) is 0 Å². The van der Waals surface area contributed by atoms with Crippen LogP contribution >= 0.6 is 0 Å². The average molecular weight is 220 g/mol. The lowest BCUT2D eigenvalue weighted by Gasteiger charge is -2.09. The van der Waals surface area contributed by atoms with Crippen LogP contribution in [0.25, 0.3) is 0 Å². The summed E-state index contributed by atoms with van der Waals surface area (Å²) in [5.74, 6) is 0.419. The molecule has 0 aliphatic heterocycles. The Hall–Kier alpha value is -1.11. The van der Waals surface area contributed by atoms with Gasteiger partial charge in [0.2, 0.25) is 0 Å². The summed E-state index contributed by atoms with van der Waals surface area (Å²) in [7, 11) is 0. The Labute approximate surface area is 84.3 Å². The zero-order chi connectivity index (χ0) is 11.1. The van der Waals surface area contributed by atoms with E-state index in [0.717, 1.165) is 12.8 Å². The topological polar surface area (TPSA) is 56.7 Å². The van der Waals surface area contributed by atoms with Crippen molar-refractivity contribution < 1.29 is 13.2 Å². The summed E-state index contributed by atoms with van der Waals surface area (Å²) in [6.45, 7) is 0.126. The summed E-state index contributed by atoms with van der Waals surface area (Å²) in [5.41, 5.74) is 5.39. The van der Waals surface area contributed by atoms with Gasteiger partial charge in [-0.1, -0.05) is 0 Å². The monoisotopic (exact) mass is 220 g/mol. The van der Waals surface area contributed by atoms with Gasteiger partial charge < -0.3 is 10.3 Å². The first-order chi connectivity index (χ1) is 7.01. The first-order valence-corrected chi connectivity index (χ1v) is 4.70. The molecule has 0 spiro atoms. The number of nitrogens with two attached hydrogens (primary N) is 1. The fourth-order valence-electron chi connectivity index (χ4n) is 1.55. The second-order valence-corrected chi connectivity index (χ2v) is 3.63. The van der Waals surface area contributed by atoms with Gasteiger partial charge in [0.1, 0.15) is 18.1 Å². The second-order valence-electron chi connectivity index (χ2n) is 3.63. The molecule has 1 aliphatic rings. The molecule has 0 amide bonds. The number of rotatable bonds is 3. The Morgan fingerprint density at radius 1 is 1.27 bits per heavy atom. The average Bonchev–Trinajstić information content (AvgIpc) is 2.87. The minimum Gasteiger partial charge on any atom is -0.324 e. The van der Waals surface area contributed by atoms with Gasteiger partial charge in [-0.2, -0.15) is 13.2 Å². The molecule has 0 saturated heterocycles. The number of alkyl halides is 3. The zero-order valence-corrected chi connectivity index (χ0v) is 7.96. The lowest BCUT2D eigenvalue weighted by molar-refractivity contribution is -0.129. The third kappa shape index (κ3) is 2.28. The largest absolute Gasteiger partial charge is 0.396 e. The summed E-state index contributed by atoms with van der Waals surface area (Å²) in [6, 6.07) is 0.121. The van der Waals surface area contributed by atoms with E-state index >= 15 is 0 Å². The van der Waals surface area contributed by atoms with Crippen LogP contribution in [0.1, 0.15) is 30.5 Å². The molecule has 2 rings (SSSR count). The SMILES string of the molecule is NCc1nnc(CC(F)(F)F)n1C1CC1. The first-order valence-electron chi connectivity index (χ1n) is 4.70. The smallest absolute Gasteiger partial charge is 0.324 e. The Balaban J connectivity index is 2.26. The quantitative estimate of drug-likeness (QED) is 0.832. The van der Waals surface area contributed by atoms with Gasteiger partial charge in [-0.3, -0.25) is 0 Å². The van der Waals surface area contributed by atoms with Crippen molar-refractivity contribution in [3.63, 3.8) is 0 Å². The lowest BCUT2D eigenvalue weighted by Crippen LogP contribution is -2.17. The fraction of sp³-hybridized carbons (Fsp3) is 0.750. The van der Waals surface area contributed by atoms with Gasteiger partial charge in [0.15, 0.2) is 0 Å². The van der Waals surface area contributed by atoms with E-state index in [1.165, 1.54) is 4.57 Å².